The Labute approximate surface area is 124 Å². The average molecular weight is 294 g/mol. The molecule has 2 aliphatic rings. The predicted octanol–water partition coefficient (Wildman–Crippen LogP) is 2.28. The fourth-order valence-corrected chi connectivity index (χ4v) is 3.52. The van der Waals surface area contributed by atoms with E-state index >= 15 is 0 Å². The summed E-state index contributed by atoms with van der Waals surface area (Å²) in [6, 6.07) is 5.91. The van der Waals surface area contributed by atoms with Crippen molar-refractivity contribution in [2.45, 2.75) is 37.8 Å². The summed E-state index contributed by atoms with van der Waals surface area (Å²) in [5.74, 6) is -0.110. The van der Waals surface area contributed by atoms with E-state index in [-0.39, 0.29) is 11.9 Å². The number of nitrogens with two attached hydrogens (primary N) is 1. The number of rotatable bonds is 2. The summed E-state index contributed by atoms with van der Waals surface area (Å²) in [4.78, 5) is 14.9. The number of amides is 1. The lowest BCUT2D eigenvalue weighted by Crippen LogP contribution is -2.47. The maximum absolute atomic E-state index is 12.3. The zero-order valence-corrected chi connectivity index (χ0v) is 12.2. The summed E-state index contributed by atoms with van der Waals surface area (Å²) in [6.07, 6.45) is 4.60. The smallest absolute Gasteiger partial charge is 0.253 e. The third-order valence-electron chi connectivity index (χ3n) is 4.42. The molecule has 2 unspecified atom stereocenters. The highest BCUT2D eigenvalue weighted by Crippen LogP contribution is 2.27. The molecule has 0 aromatic heterocycles. The van der Waals surface area contributed by atoms with Crippen LogP contribution in [0.3, 0.4) is 0 Å². The van der Waals surface area contributed by atoms with Gasteiger partial charge in [-0.1, -0.05) is 11.6 Å². The van der Waals surface area contributed by atoms with Crippen molar-refractivity contribution in [3.05, 3.63) is 28.8 Å². The first-order valence-corrected chi connectivity index (χ1v) is 7.61. The van der Waals surface area contributed by atoms with Crippen molar-refractivity contribution in [2.24, 2.45) is 0 Å². The lowest BCUT2D eigenvalue weighted by atomic mass is 9.97. The van der Waals surface area contributed by atoms with Crippen molar-refractivity contribution in [1.29, 1.82) is 0 Å². The molecule has 2 aliphatic heterocycles. The predicted molar refractivity (Wildman–Crippen MR) is 80.9 cm³/mol. The Bertz CT molecular complexity index is 520. The van der Waals surface area contributed by atoms with Crippen molar-refractivity contribution < 1.29 is 4.79 Å². The van der Waals surface area contributed by atoms with E-state index in [0.717, 1.165) is 19.4 Å². The van der Waals surface area contributed by atoms with Gasteiger partial charge in [-0.05, 0) is 50.4 Å². The number of halogens is 1. The Morgan fingerprint density at radius 1 is 1.35 bits per heavy atom. The van der Waals surface area contributed by atoms with Crippen molar-refractivity contribution in [1.82, 2.24) is 10.2 Å². The Balaban J connectivity index is 1.65. The minimum atomic E-state index is -0.110. The van der Waals surface area contributed by atoms with Crippen LogP contribution in [-0.4, -0.2) is 36.0 Å². The SMILES string of the molecule is Nc1ccc(Cl)cc1C(=O)NC1CCN2CCCC2C1. The van der Waals surface area contributed by atoms with Gasteiger partial charge in [-0.25, -0.2) is 0 Å². The van der Waals surface area contributed by atoms with Crippen LogP contribution in [-0.2, 0) is 0 Å². The van der Waals surface area contributed by atoms with Gasteiger partial charge in [0.05, 0.1) is 5.56 Å². The van der Waals surface area contributed by atoms with E-state index in [2.05, 4.69) is 10.2 Å². The van der Waals surface area contributed by atoms with Crippen molar-refractivity contribution >= 4 is 23.2 Å². The molecule has 1 aromatic rings. The summed E-state index contributed by atoms with van der Waals surface area (Å²) in [7, 11) is 0. The quantitative estimate of drug-likeness (QED) is 0.823. The fraction of sp³-hybridized carbons (Fsp3) is 0.533. The summed E-state index contributed by atoms with van der Waals surface area (Å²) in [5, 5.41) is 3.65. The Hall–Kier alpha value is -1.26. The lowest BCUT2D eigenvalue weighted by Gasteiger charge is -2.35. The Morgan fingerprint density at radius 3 is 3.05 bits per heavy atom. The second-order valence-electron chi connectivity index (χ2n) is 5.76. The summed E-state index contributed by atoms with van der Waals surface area (Å²) in [6.45, 7) is 2.30. The van der Waals surface area contributed by atoms with Gasteiger partial charge in [-0.2, -0.15) is 0 Å². The number of anilines is 1. The molecule has 0 bridgehead atoms. The summed E-state index contributed by atoms with van der Waals surface area (Å²) < 4.78 is 0. The van der Waals surface area contributed by atoms with Crippen LogP contribution < -0.4 is 11.1 Å². The van der Waals surface area contributed by atoms with E-state index < -0.39 is 0 Å². The average Bonchev–Trinajstić information content (AvgIpc) is 2.89. The van der Waals surface area contributed by atoms with Crippen molar-refractivity contribution in [3.8, 4) is 0 Å². The topological polar surface area (TPSA) is 58.4 Å². The molecule has 20 heavy (non-hydrogen) atoms. The van der Waals surface area contributed by atoms with E-state index in [0.29, 0.717) is 22.3 Å². The lowest BCUT2D eigenvalue weighted by molar-refractivity contribution is 0.0897. The molecule has 2 atom stereocenters. The van der Waals surface area contributed by atoms with Crippen LogP contribution in [0.4, 0.5) is 5.69 Å². The number of nitrogens with one attached hydrogen (secondary N) is 1. The third kappa shape index (κ3) is 2.76. The van der Waals surface area contributed by atoms with E-state index in [1.807, 2.05) is 0 Å². The second kappa shape index (κ2) is 5.62. The highest BCUT2D eigenvalue weighted by molar-refractivity contribution is 6.31. The van der Waals surface area contributed by atoms with E-state index in [4.69, 9.17) is 17.3 Å². The van der Waals surface area contributed by atoms with Crippen LogP contribution in [0.25, 0.3) is 0 Å². The van der Waals surface area contributed by atoms with Crippen LogP contribution in [0.5, 0.6) is 0 Å². The summed E-state index contributed by atoms with van der Waals surface area (Å²) in [5.41, 5.74) is 6.81. The molecular formula is C15H20ClN3O. The molecule has 0 spiro atoms. The first-order chi connectivity index (χ1) is 9.63. The molecule has 1 aromatic carbocycles. The van der Waals surface area contributed by atoms with Gasteiger partial charge < -0.3 is 16.0 Å². The zero-order valence-electron chi connectivity index (χ0n) is 11.4. The normalized spacial score (nSPS) is 26.2. The monoisotopic (exact) mass is 293 g/mol. The zero-order chi connectivity index (χ0) is 14.1. The Kier molecular flexibility index (Phi) is 3.85. The minimum absolute atomic E-state index is 0.110. The number of hydrogen-bond donors (Lipinski definition) is 2. The number of hydrogen-bond acceptors (Lipinski definition) is 3. The second-order valence-corrected chi connectivity index (χ2v) is 6.19. The molecule has 0 aliphatic carbocycles. The molecule has 3 N–H and O–H groups in total. The van der Waals surface area contributed by atoms with Crippen molar-refractivity contribution in [3.63, 3.8) is 0 Å². The van der Waals surface area contributed by atoms with Gasteiger partial charge in [0.25, 0.3) is 5.91 Å². The first kappa shape index (κ1) is 13.7. The largest absolute Gasteiger partial charge is 0.398 e. The van der Waals surface area contributed by atoms with Crippen LogP contribution >= 0.6 is 11.6 Å². The minimum Gasteiger partial charge on any atom is -0.398 e. The van der Waals surface area contributed by atoms with Gasteiger partial charge >= 0.3 is 0 Å². The van der Waals surface area contributed by atoms with Gasteiger partial charge in [0.1, 0.15) is 0 Å². The maximum Gasteiger partial charge on any atom is 0.253 e. The number of nitrogen functional groups attached to an aromatic ring is 1. The highest BCUT2D eigenvalue weighted by Gasteiger charge is 2.32. The molecule has 0 radical (unpaired) electrons. The molecular weight excluding hydrogens is 274 g/mol. The van der Waals surface area contributed by atoms with Crippen LogP contribution in [0, 0.1) is 0 Å². The van der Waals surface area contributed by atoms with Gasteiger partial charge in [0.15, 0.2) is 0 Å². The molecule has 0 saturated carbocycles. The van der Waals surface area contributed by atoms with Crippen molar-refractivity contribution in [2.75, 3.05) is 18.8 Å². The van der Waals surface area contributed by atoms with Gasteiger partial charge in [0.2, 0.25) is 0 Å². The van der Waals surface area contributed by atoms with E-state index in [1.54, 1.807) is 18.2 Å². The van der Waals surface area contributed by atoms with Crippen LogP contribution in [0.1, 0.15) is 36.0 Å². The van der Waals surface area contributed by atoms with E-state index in [9.17, 15) is 4.79 Å². The molecule has 2 saturated heterocycles. The fourth-order valence-electron chi connectivity index (χ4n) is 3.34. The molecule has 3 rings (SSSR count). The van der Waals surface area contributed by atoms with Gasteiger partial charge in [-0.3, -0.25) is 4.79 Å². The molecule has 4 nitrogen and oxygen atoms in total. The molecule has 2 heterocycles. The number of fused-ring (bicyclic) bond motifs is 1. The van der Waals surface area contributed by atoms with Crippen LogP contribution in [0.15, 0.2) is 18.2 Å². The molecule has 5 heteroatoms. The third-order valence-corrected chi connectivity index (χ3v) is 4.65. The van der Waals surface area contributed by atoms with Gasteiger partial charge in [0, 0.05) is 29.3 Å². The Morgan fingerprint density at radius 2 is 2.20 bits per heavy atom. The summed E-state index contributed by atoms with van der Waals surface area (Å²) >= 11 is 5.93. The number of carbonyl (C=O) groups is 1. The molecule has 108 valence electrons. The van der Waals surface area contributed by atoms with E-state index in [1.165, 1.54) is 19.4 Å². The number of benzene rings is 1. The van der Waals surface area contributed by atoms with Gasteiger partial charge in [-0.15, -0.1) is 0 Å². The number of nitrogens with zero attached hydrogens (tertiary/aromatic N) is 1. The maximum atomic E-state index is 12.3. The standard InChI is InChI=1S/C15H20ClN3O/c16-10-3-4-14(17)13(8-10)15(20)18-11-5-7-19-6-1-2-12(19)9-11/h3-4,8,11-12H,1-2,5-7,9,17H2,(H,18,20). The highest BCUT2D eigenvalue weighted by atomic mass is 35.5. The molecule has 1 amide bonds. The van der Waals surface area contributed by atoms with Crippen LogP contribution in [0.2, 0.25) is 5.02 Å². The number of carbonyl (C=O) groups excluding carboxylic acids is 1. The first-order valence-electron chi connectivity index (χ1n) is 7.23. The number of piperidine rings is 1. The molecule has 2 fully saturated rings.